The number of amides is 2. The fourth-order valence-corrected chi connectivity index (χ4v) is 2.16. The number of alkyl carbamates (subject to hydrolysis) is 1. The van der Waals surface area contributed by atoms with E-state index in [1.807, 2.05) is 20.8 Å². The maximum Gasteiger partial charge on any atom is 0.407 e. The van der Waals surface area contributed by atoms with Crippen molar-refractivity contribution < 1.29 is 33.7 Å². The maximum atomic E-state index is 12.4. The van der Waals surface area contributed by atoms with Crippen LogP contribution in [0.15, 0.2) is 18.2 Å². The molecule has 30 heavy (non-hydrogen) atoms. The molecule has 0 saturated heterocycles. The first kappa shape index (κ1) is 25.0. The molecule has 2 amide bonds. The lowest BCUT2D eigenvalue weighted by molar-refractivity contribution is -0.145. The average Bonchev–Trinajstić information content (AvgIpc) is 2.67. The van der Waals surface area contributed by atoms with Gasteiger partial charge in [0.15, 0.2) is 0 Å². The van der Waals surface area contributed by atoms with Gasteiger partial charge >= 0.3 is 12.1 Å². The van der Waals surface area contributed by atoms with Crippen molar-refractivity contribution in [2.45, 2.75) is 33.7 Å². The standard InChI is InChI=1S/C20H31N3O7/c1-5-28-18(26)15(23-19(27)30-12-20(2,3)4)11-22-17(25)14-7-6-13(10-16(14)24)29-9-8-21/h6-7,10,15,24H,5,8-9,11-12,21H2,1-4H3,(H,22,25)(H,23,27)/t15-/m0/s1. The number of aromatic hydroxyl groups is 1. The van der Waals surface area contributed by atoms with Gasteiger partial charge in [0.2, 0.25) is 0 Å². The molecule has 10 nitrogen and oxygen atoms in total. The van der Waals surface area contributed by atoms with E-state index >= 15 is 0 Å². The SMILES string of the molecule is CCOC(=O)[C@H](CNC(=O)c1ccc(OCCN)cc1O)NC(=O)OCC(C)(C)C. The number of esters is 1. The largest absolute Gasteiger partial charge is 0.507 e. The van der Waals surface area contributed by atoms with Crippen LogP contribution in [0.5, 0.6) is 11.5 Å². The Morgan fingerprint density at radius 1 is 1.20 bits per heavy atom. The van der Waals surface area contributed by atoms with Gasteiger partial charge in [-0.25, -0.2) is 9.59 Å². The highest BCUT2D eigenvalue weighted by molar-refractivity contribution is 5.97. The molecule has 10 heteroatoms. The number of nitrogens with two attached hydrogens (primary N) is 1. The molecule has 1 atom stereocenters. The van der Waals surface area contributed by atoms with E-state index in [1.165, 1.54) is 18.2 Å². The van der Waals surface area contributed by atoms with Crippen LogP contribution in [0.1, 0.15) is 38.1 Å². The predicted octanol–water partition coefficient (Wildman–Crippen LogP) is 1.16. The van der Waals surface area contributed by atoms with Crippen LogP contribution in [0, 0.1) is 5.41 Å². The summed E-state index contributed by atoms with van der Waals surface area (Å²) in [6.07, 6.45) is -0.804. The van der Waals surface area contributed by atoms with Gasteiger partial charge in [0.25, 0.3) is 5.91 Å². The minimum absolute atomic E-state index is 0.0204. The molecule has 0 heterocycles. The van der Waals surface area contributed by atoms with E-state index < -0.39 is 24.0 Å². The molecule has 0 aliphatic heterocycles. The van der Waals surface area contributed by atoms with E-state index in [0.717, 1.165) is 0 Å². The summed E-state index contributed by atoms with van der Waals surface area (Å²) < 4.78 is 15.3. The second-order valence-electron chi connectivity index (χ2n) is 7.61. The van der Waals surface area contributed by atoms with Gasteiger partial charge < -0.3 is 35.7 Å². The second-order valence-corrected chi connectivity index (χ2v) is 7.61. The maximum absolute atomic E-state index is 12.4. The monoisotopic (exact) mass is 425 g/mol. The first-order valence-corrected chi connectivity index (χ1v) is 9.61. The molecule has 0 aliphatic rings. The highest BCUT2D eigenvalue weighted by atomic mass is 16.6. The Hall–Kier alpha value is -3.01. The summed E-state index contributed by atoms with van der Waals surface area (Å²) in [5.74, 6) is -1.30. The number of rotatable bonds is 10. The highest BCUT2D eigenvalue weighted by Gasteiger charge is 2.25. The van der Waals surface area contributed by atoms with E-state index in [9.17, 15) is 19.5 Å². The minimum Gasteiger partial charge on any atom is -0.507 e. The van der Waals surface area contributed by atoms with Gasteiger partial charge in [-0.3, -0.25) is 4.79 Å². The highest BCUT2D eigenvalue weighted by Crippen LogP contribution is 2.23. The molecule has 5 N–H and O–H groups in total. The summed E-state index contributed by atoms with van der Waals surface area (Å²) >= 11 is 0. The lowest BCUT2D eigenvalue weighted by Gasteiger charge is -2.21. The third-order valence-electron chi connectivity index (χ3n) is 3.57. The van der Waals surface area contributed by atoms with Gasteiger partial charge in [-0.1, -0.05) is 20.8 Å². The molecule has 0 saturated carbocycles. The molecule has 0 spiro atoms. The van der Waals surface area contributed by atoms with Crippen LogP contribution < -0.4 is 21.1 Å². The Morgan fingerprint density at radius 2 is 1.90 bits per heavy atom. The topological polar surface area (TPSA) is 149 Å². The predicted molar refractivity (Wildman–Crippen MR) is 109 cm³/mol. The number of carbonyl (C=O) groups is 3. The lowest BCUT2D eigenvalue weighted by Crippen LogP contribution is -2.49. The third kappa shape index (κ3) is 8.99. The van der Waals surface area contributed by atoms with E-state index in [0.29, 0.717) is 12.3 Å². The first-order valence-electron chi connectivity index (χ1n) is 9.61. The number of ether oxygens (including phenoxy) is 3. The molecule has 0 fully saturated rings. The Balaban J connectivity index is 2.74. The van der Waals surface area contributed by atoms with Crippen molar-refractivity contribution in [2.24, 2.45) is 11.1 Å². The third-order valence-corrected chi connectivity index (χ3v) is 3.57. The van der Waals surface area contributed by atoms with Gasteiger partial charge in [-0.15, -0.1) is 0 Å². The van der Waals surface area contributed by atoms with E-state index in [-0.39, 0.29) is 43.1 Å². The Morgan fingerprint density at radius 3 is 2.47 bits per heavy atom. The molecule has 0 aromatic heterocycles. The number of phenolic OH excluding ortho intramolecular Hbond substituents is 1. The average molecular weight is 425 g/mol. The number of nitrogens with one attached hydrogen (secondary N) is 2. The number of carbonyl (C=O) groups excluding carboxylic acids is 3. The summed E-state index contributed by atoms with van der Waals surface area (Å²) in [7, 11) is 0. The molecule has 1 aromatic carbocycles. The van der Waals surface area contributed by atoms with E-state index in [4.69, 9.17) is 19.9 Å². The summed E-state index contributed by atoms with van der Waals surface area (Å²) in [6, 6.07) is 3.02. The van der Waals surface area contributed by atoms with Gasteiger partial charge in [-0.2, -0.15) is 0 Å². The van der Waals surface area contributed by atoms with Crippen molar-refractivity contribution in [1.82, 2.24) is 10.6 Å². The van der Waals surface area contributed by atoms with Crippen LogP contribution in [0.4, 0.5) is 4.79 Å². The summed E-state index contributed by atoms with van der Waals surface area (Å²) in [4.78, 5) is 36.5. The van der Waals surface area contributed by atoms with Gasteiger partial charge in [-0.05, 0) is 24.5 Å². The van der Waals surface area contributed by atoms with Crippen LogP contribution >= 0.6 is 0 Å². The van der Waals surface area contributed by atoms with Crippen molar-refractivity contribution in [3.8, 4) is 11.5 Å². The Kier molecular flexibility index (Phi) is 9.90. The molecular weight excluding hydrogens is 394 g/mol. The second kappa shape index (κ2) is 11.9. The Bertz CT molecular complexity index is 732. The quantitative estimate of drug-likeness (QED) is 0.408. The van der Waals surface area contributed by atoms with Crippen LogP contribution in [0.25, 0.3) is 0 Å². The number of phenols is 1. The minimum atomic E-state index is -1.16. The summed E-state index contributed by atoms with van der Waals surface area (Å²) in [6.45, 7) is 7.87. The van der Waals surface area contributed by atoms with Crippen molar-refractivity contribution in [3.63, 3.8) is 0 Å². The molecule has 0 bridgehead atoms. The zero-order valence-electron chi connectivity index (χ0n) is 17.8. The number of hydrogen-bond donors (Lipinski definition) is 4. The number of hydrogen-bond acceptors (Lipinski definition) is 8. The Labute approximate surface area is 176 Å². The number of benzene rings is 1. The van der Waals surface area contributed by atoms with Gasteiger partial charge in [0.1, 0.15) is 24.1 Å². The molecule has 168 valence electrons. The lowest BCUT2D eigenvalue weighted by atomic mass is 9.99. The van der Waals surface area contributed by atoms with Crippen LogP contribution in [-0.2, 0) is 14.3 Å². The smallest absolute Gasteiger partial charge is 0.407 e. The van der Waals surface area contributed by atoms with E-state index in [2.05, 4.69) is 10.6 Å². The van der Waals surface area contributed by atoms with Gasteiger partial charge in [0.05, 0.1) is 18.8 Å². The molecular formula is C20H31N3O7. The summed E-state index contributed by atoms with van der Waals surface area (Å²) in [5.41, 5.74) is 5.08. The fourth-order valence-electron chi connectivity index (χ4n) is 2.16. The van der Waals surface area contributed by atoms with Crippen molar-refractivity contribution >= 4 is 18.0 Å². The van der Waals surface area contributed by atoms with E-state index in [1.54, 1.807) is 6.92 Å². The first-order chi connectivity index (χ1) is 14.1. The van der Waals surface area contributed by atoms with Gasteiger partial charge in [0, 0.05) is 19.2 Å². The normalized spacial score (nSPS) is 11.9. The zero-order valence-corrected chi connectivity index (χ0v) is 17.8. The van der Waals surface area contributed by atoms with Crippen LogP contribution in [0.2, 0.25) is 0 Å². The van der Waals surface area contributed by atoms with Crippen molar-refractivity contribution in [1.29, 1.82) is 0 Å². The molecule has 1 aromatic rings. The molecule has 0 radical (unpaired) electrons. The fraction of sp³-hybridized carbons (Fsp3) is 0.550. The zero-order chi connectivity index (χ0) is 22.7. The van der Waals surface area contributed by atoms with Crippen LogP contribution in [-0.4, -0.2) is 62.0 Å². The molecule has 1 rings (SSSR count). The van der Waals surface area contributed by atoms with Crippen LogP contribution in [0.3, 0.4) is 0 Å². The summed E-state index contributed by atoms with van der Waals surface area (Å²) in [5, 5.41) is 14.9. The molecule has 0 unspecified atom stereocenters. The van der Waals surface area contributed by atoms with Crippen molar-refractivity contribution in [2.75, 3.05) is 32.9 Å². The van der Waals surface area contributed by atoms with Crippen molar-refractivity contribution in [3.05, 3.63) is 23.8 Å². The molecule has 0 aliphatic carbocycles.